The molecule has 0 aromatic carbocycles. The smallest absolute Gasteiger partial charge is 0.319 e. The maximum absolute atomic E-state index is 14.9. The quantitative estimate of drug-likeness (QED) is 0.654. The number of aromatic nitrogens is 3. The average Bonchev–Trinajstić information content (AvgIpc) is 3.09. The van der Waals surface area contributed by atoms with Crippen LogP contribution in [0.1, 0.15) is 22.0 Å². The Kier molecular flexibility index (Phi) is 4.01. The molecule has 166 valence electrons. The number of rotatable bonds is 4. The monoisotopic (exact) mass is 457 g/mol. The van der Waals surface area contributed by atoms with Crippen molar-refractivity contribution in [2.45, 2.75) is 49.3 Å². The Hall–Kier alpha value is -1.91. The molecule has 0 radical (unpaired) electrons. The standard InChI is InChI=1S/C20H21ClF3N5O2/c21-17-12(23)14-11(7-25-17)18(29-4-5-30-16-13(24)15(16)29)27-19(26-14)31-9-20-2-1-3-28(20)8-10(22)6-20/h7,10,13,15-16H,1-6,8-9H2/t10-,13?,15?,16?,20+/m1/s1/i9D2. The van der Waals surface area contributed by atoms with Gasteiger partial charge in [0.15, 0.2) is 17.1 Å². The molecule has 4 fully saturated rings. The topological polar surface area (TPSA) is 63.6 Å². The summed E-state index contributed by atoms with van der Waals surface area (Å²) < 4.78 is 71.9. The minimum atomic E-state index is -2.35. The fraction of sp³-hybridized carbons (Fsp3) is 0.650. The van der Waals surface area contributed by atoms with E-state index in [0.717, 1.165) is 0 Å². The van der Waals surface area contributed by atoms with Gasteiger partial charge in [0.05, 0.1) is 26.3 Å². The molecule has 0 spiro atoms. The minimum absolute atomic E-state index is 0.0126. The number of halogens is 4. The van der Waals surface area contributed by atoms with Gasteiger partial charge in [-0.05, 0) is 19.4 Å². The fourth-order valence-corrected chi connectivity index (χ4v) is 5.26. The largest absolute Gasteiger partial charge is 0.461 e. The van der Waals surface area contributed by atoms with Crippen LogP contribution in [-0.2, 0) is 4.74 Å². The van der Waals surface area contributed by atoms with Crippen molar-refractivity contribution < 1.29 is 25.4 Å². The second-order valence-corrected chi connectivity index (χ2v) is 8.86. The lowest BCUT2D eigenvalue weighted by Gasteiger charge is -2.31. The van der Waals surface area contributed by atoms with Crippen molar-refractivity contribution in [3.05, 3.63) is 17.2 Å². The van der Waals surface area contributed by atoms with E-state index in [9.17, 15) is 13.2 Å². The van der Waals surface area contributed by atoms with Crippen LogP contribution in [0.25, 0.3) is 10.9 Å². The SMILES string of the molecule is [2H]C([2H])(Oc1nc(N2CCOC3C(F)C32)c2cnc(Cl)c(F)c2n1)[C@@]12CCCN1C[C@H](F)C2. The van der Waals surface area contributed by atoms with Gasteiger partial charge in [-0.3, -0.25) is 4.90 Å². The molecule has 31 heavy (non-hydrogen) atoms. The Morgan fingerprint density at radius 1 is 1.35 bits per heavy atom. The van der Waals surface area contributed by atoms with Crippen molar-refractivity contribution in [3.63, 3.8) is 0 Å². The summed E-state index contributed by atoms with van der Waals surface area (Å²) in [6, 6.07) is -1.02. The summed E-state index contributed by atoms with van der Waals surface area (Å²) in [5, 5.41) is -0.206. The number of alkyl halides is 2. The highest BCUT2D eigenvalue weighted by molar-refractivity contribution is 6.30. The van der Waals surface area contributed by atoms with Crippen LogP contribution in [0.3, 0.4) is 0 Å². The zero-order valence-corrected chi connectivity index (χ0v) is 17.2. The van der Waals surface area contributed by atoms with Gasteiger partial charge in [-0.15, -0.1) is 0 Å². The molecule has 0 bridgehead atoms. The van der Waals surface area contributed by atoms with Crippen molar-refractivity contribution in [2.75, 3.05) is 37.7 Å². The first kappa shape index (κ1) is 17.6. The van der Waals surface area contributed by atoms with Gasteiger partial charge in [0.1, 0.15) is 30.2 Å². The van der Waals surface area contributed by atoms with Crippen LogP contribution in [0.2, 0.25) is 5.15 Å². The number of fused-ring (bicyclic) bond motifs is 3. The summed E-state index contributed by atoms with van der Waals surface area (Å²) in [7, 11) is 0. The zero-order chi connectivity index (χ0) is 23.1. The molecule has 1 saturated carbocycles. The fourth-order valence-electron chi connectivity index (χ4n) is 5.12. The Bertz CT molecular complexity index is 1130. The van der Waals surface area contributed by atoms with Crippen LogP contribution in [0.5, 0.6) is 6.01 Å². The predicted octanol–water partition coefficient (Wildman–Crippen LogP) is 2.70. The maximum atomic E-state index is 14.9. The van der Waals surface area contributed by atoms with Gasteiger partial charge >= 0.3 is 6.01 Å². The van der Waals surface area contributed by atoms with E-state index in [1.165, 1.54) is 6.20 Å². The third-order valence-corrected chi connectivity index (χ3v) is 6.91. The molecule has 2 aromatic rings. The Morgan fingerprint density at radius 2 is 2.23 bits per heavy atom. The summed E-state index contributed by atoms with van der Waals surface area (Å²) >= 11 is 5.86. The van der Waals surface area contributed by atoms with Gasteiger partial charge in [0.25, 0.3) is 0 Å². The highest BCUT2D eigenvalue weighted by Crippen LogP contribution is 2.43. The van der Waals surface area contributed by atoms with E-state index in [0.29, 0.717) is 25.9 Å². The van der Waals surface area contributed by atoms with E-state index in [2.05, 4.69) is 15.0 Å². The number of morpholine rings is 1. The van der Waals surface area contributed by atoms with Gasteiger partial charge in [0, 0.05) is 25.7 Å². The third-order valence-electron chi connectivity index (χ3n) is 6.64. The van der Waals surface area contributed by atoms with Crippen LogP contribution in [-0.4, -0.2) is 82.7 Å². The van der Waals surface area contributed by atoms with E-state index in [1.807, 2.05) is 0 Å². The highest BCUT2D eigenvalue weighted by atomic mass is 35.5. The van der Waals surface area contributed by atoms with Gasteiger partial charge in [-0.25, -0.2) is 18.2 Å². The van der Waals surface area contributed by atoms with Crippen molar-refractivity contribution in [3.8, 4) is 6.01 Å². The summed E-state index contributed by atoms with van der Waals surface area (Å²) in [6.07, 6.45) is -0.565. The second kappa shape index (κ2) is 7.05. The molecule has 1 aliphatic carbocycles. The van der Waals surface area contributed by atoms with Gasteiger partial charge in [-0.2, -0.15) is 9.97 Å². The molecule has 5 heterocycles. The lowest BCUT2D eigenvalue weighted by molar-refractivity contribution is 0.0912. The number of pyridine rings is 1. The average molecular weight is 458 g/mol. The molecular formula is C20H21ClF3N5O2. The summed E-state index contributed by atoms with van der Waals surface area (Å²) in [4.78, 5) is 15.7. The summed E-state index contributed by atoms with van der Waals surface area (Å²) in [5.41, 5.74) is -1.37. The molecule has 11 heteroatoms. The molecule has 3 aliphatic heterocycles. The van der Waals surface area contributed by atoms with Gasteiger partial charge < -0.3 is 14.4 Å². The molecule has 5 atom stereocenters. The van der Waals surface area contributed by atoms with E-state index in [-0.39, 0.29) is 36.3 Å². The van der Waals surface area contributed by atoms with Crippen molar-refractivity contribution >= 4 is 28.3 Å². The second-order valence-electron chi connectivity index (χ2n) is 8.51. The van der Waals surface area contributed by atoms with Crippen LogP contribution in [0.4, 0.5) is 19.0 Å². The Labute approximate surface area is 184 Å². The minimum Gasteiger partial charge on any atom is -0.461 e. The number of hydrogen-bond donors (Lipinski definition) is 0. The normalized spacial score (nSPS) is 36.2. The van der Waals surface area contributed by atoms with Crippen molar-refractivity contribution in [1.82, 2.24) is 19.9 Å². The first-order valence-corrected chi connectivity index (χ1v) is 10.7. The van der Waals surface area contributed by atoms with Crippen molar-refractivity contribution in [1.29, 1.82) is 0 Å². The van der Waals surface area contributed by atoms with Crippen LogP contribution >= 0.6 is 11.6 Å². The van der Waals surface area contributed by atoms with Gasteiger partial charge in [0.2, 0.25) is 0 Å². The molecule has 3 unspecified atom stereocenters. The lowest BCUT2D eigenvalue weighted by Crippen LogP contribution is -2.43. The number of hydrogen-bond acceptors (Lipinski definition) is 7. The van der Waals surface area contributed by atoms with E-state index < -0.39 is 53.6 Å². The first-order chi connectivity index (χ1) is 15.7. The van der Waals surface area contributed by atoms with Crippen molar-refractivity contribution in [2.24, 2.45) is 0 Å². The molecule has 3 saturated heterocycles. The first-order valence-electron chi connectivity index (χ1n) is 11.3. The summed E-state index contributed by atoms with van der Waals surface area (Å²) in [6.45, 7) is -1.09. The highest BCUT2D eigenvalue weighted by Gasteiger charge is 2.59. The molecule has 0 amide bonds. The maximum Gasteiger partial charge on any atom is 0.319 e. The molecule has 4 aliphatic rings. The molecule has 6 rings (SSSR count). The van der Waals surface area contributed by atoms with Crippen LogP contribution in [0, 0.1) is 5.82 Å². The lowest BCUT2D eigenvalue weighted by atomic mass is 9.95. The molecular weight excluding hydrogens is 435 g/mol. The Morgan fingerprint density at radius 3 is 3.10 bits per heavy atom. The predicted molar refractivity (Wildman–Crippen MR) is 107 cm³/mol. The Balaban J connectivity index is 1.43. The molecule has 0 N–H and O–H groups in total. The van der Waals surface area contributed by atoms with Gasteiger partial charge in [-0.1, -0.05) is 11.6 Å². The number of nitrogens with zero attached hydrogens (tertiary/aromatic N) is 5. The number of anilines is 1. The van der Waals surface area contributed by atoms with E-state index in [1.54, 1.807) is 9.80 Å². The molecule has 2 aromatic heterocycles. The zero-order valence-electron chi connectivity index (χ0n) is 18.4. The number of ether oxygens (including phenoxy) is 2. The van der Waals surface area contributed by atoms with Crippen LogP contribution in [0.15, 0.2) is 6.20 Å². The van der Waals surface area contributed by atoms with Crippen LogP contribution < -0.4 is 9.64 Å². The summed E-state index contributed by atoms with van der Waals surface area (Å²) in [5.74, 6) is -0.742. The molecule has 7 nitrogen and oxygen atoms in total. The van der Waals surface area contributed by atoms with E-state index >= 15 is 0 Å². The third kappa shape index (κ3) is 3.06. The van der Waals surface area contributed by atoms with E-state index in [4.69, 9.17) is 23.8 Å².